The highest BCUT2D eigenvalue weighted by molar-refractivity contribution is 5.98. The molecule has 0 aromatic heterocycles. The van der Waals surface area contributed by atoms with Crippen molar-refractivity contribution in [3.63, 3.8) is 0 Å². The van der Waals surface area contributed by atoms with Crippen molar-refractivity contribution < 1.29 is 27.9 Å². The standard InChI is InChI=1S/C17H15F2N3O4/c1-9(15(23)22-14-8-11(18)5-6-13(14)19)26-16(24)10-3-2-4-12(7-10)21-17(20)25/h2-9H,1H3,(H,22,23)(H3,20,21,25)/t9-/m1/s1. The lowest BCUT2D eigenvalue weighted by Crippen LogP contribution is -2.30. The zero-order valence-electron chi connectivity index (χ0n) is 13.6. The van der Waals surface area contributed by atoms with Crippen LogP contribution in [-0.4, -0.2) is 24.0 Å². The van der Waals surface area contributed by atoms with Crippen molar-refractivity contribution >= 4 is 29.3 Å². The second-order valence-corrected chi connectivity index (χ2v) is 5.23. The summed E-state index contributed by atoms with van der Waals surface area (Å²) in [5, 5.41) is 4.44. The van der Waals surface area contributed by atoms with Crippen LogP contribution in [0.5, 0.6) is 0 Å². The van der Waals surface area contributed by atoms with Gasteiger partial charge in [0.15, 0.2) is 6.10 Å². The van der Waals surface area contributed by atoms with Gasteiger partial charge in [0.25, 0.3) is 5.91 Å². The molecular formula is C17H15F2N3O4. The first-order valence-corrected chi connectivity index (χ1v) is 7.39. The summed E-state index contributed by atoms with van der Waals surface area (Å²) in [4.78, 5) is 34.9. The number of esters is 1. The van der Waals surface area contributed by atoms with Crippen LogP contribution in [0.3, 0.4) is 0 Å². The highest BCUT2D eigenvalue weighted by Gasteiger charge is 2.20. The zero-order chi connectivity index (χ0) is 19.3. The van der Waals surface area contributed by atoms with E-state index in [0.29, 0.717) is 0 Å². The van der Waals surface area contributed by atoms with Crippen LogP contribution in [0.4, 0.5) is 25.0 Å². The van der Waals surface area contributed by atoms with Crippen molar-refractivity contribution in [2.24, 2.45) is 5.73 Å². The number of benzene rings is 2. The molecule has 7 nitrogen and oxygen atoms in total. The summed E-state index contributed by atoms with van der Waals surface area (Å²) >= 11 is 0. The van der Waals surface area contributed by atoms with Gasteiger partial charge in [0, 0.05) is 11.8 Å². The van der Waals surface area contributed by atoms with E-state index in [1.165, 1.54) is 31.2 Å². The number of anilines is 2. The topological polar surface area (TPSA) is 111 Å². The Morgan fingerprint density at radius 2 is 1.81 bits per heavy atom. The van der Waals surface area contributed by atoms with Crippen LogP contribution in [0.1, 0.15) is 17.3 Å². The third kappa shape index (κ3) is 5.00. The third-order valence-corrected chi connectivity index (χ3v) is 3.21. The molecule has 3 amide bonds. The van der Waals surface area contributed by atoms with Gasteiger partial charge in [-0.05, 0) is 37.3 Å². The maximum absolute atomic E-state index is 13.5. The third-order valence-electron chi connectivity index (χ3n) is 3.21. The van der Waals surface area contributed by atoms with Crippen molar-refractivity contribution in [2.45, 2.75) is 13.0 Å². The first kappa shape index (κ1) is 18.8. The smallest absolute Gasteiger partial charge is 0.338 e. The van der Waals surface area contributed by atoms with E-state index in [-0.39, 0.29) is 16.9 Å². The average molecular weight is 363 g/mol. The van der Waals surface area contributed by atoms with Crippen molar-refractivity contribution in [1.82, 2.24) is 0 Å². The zero-order valence-corrected chi connectivity index (χ0v) is 13.6. The van der Waals surface area contributed by atoms with Gasteiger partial charge in [-0.1, -0.05) is 6.07 Å². The molecule has 0 radical (unpaired) electrons. The predicted molar refractivity (Wildman–Crippen MR) is 89.5 cm³/mol. The summed E-state index contributed by atoms with van der Waals surface area (Å²) in [5.74, 6) is -3.25. The summed E-state index contributed by atoms with van der Waals surface area (Å²) in [6, 6.07) is 7.47. The van der Waals surface area contributed by atoms with E-state index in [0.717, 1.165) is 18.2 Å². The lowest BCUT2D eigenvalue weighted by molar-refractivity contribution is -0.123. The number of hydrogen-bond acceptors (Lipinski definition) is 4. The number of primary amides is 1. The Morgan fingerprint density at radius 1 is 1.08 bits per heavy atom. The largest absolute Gasteiger partial charge is 0.449 e. The van der Waals surface area contributed by atoms with Crippen LogP contribution in [-0.2, 0) is 9.53 Å². The van der Waals surface area contributed by atoms with E-state index in [1.54, 1.807) is 0 Å². The molecule has 0 aliphatic carbocycles. The van der Waals surface area contributed by atoms with E-state index in [4.69, 9.17) is 10.5 Å². The summed E-state index contributed by atoms with van der Waals surface area (Å²) in [7, 11) is 0. The first-order chi connectivity index (χ1) is 12.3. The van der Waals surface area contributed by atoms with E-state index in [1.807, 2.05) is 0 Å². The first-order valence-electron chi connectivity index (χ1n) is 7.39. The van der Waals surface area contributed by atoms with Crippen LogP contribution in [0.25, 0.3) is 0 Å². The van der Waals surface area contributed by atoms with Gasteiger partial charge in [-0.3, -0.25) is 4.79 Å². The van der Waals surface area contributed by atoms with Gasteiger partial charge in [0.05, 0.1) is 11.3 Å². The molecule has 0 heterocycles. The molecule has 4 N–H and O–H groups in total. The van der Waals surface area contributed by atoms with Gasteiger partial charge in [0.2, 0.25) is 0 Å². The molecule has 0 bridgehead atoms. The van der Waals surface area contributed by atoms with E-state index < -0.39 is 35.6 Å². The second-order valence-electron chi connectivity index (χ2n) is 5.23. The second kappa shape index (κ2) is 8.06. The summed E-state index contributed by atoms with van der Waals surface area (Å²) in [5.41, 5.74) is 4.95. The Bertz CT molecular complexity index is 858. The molecule has 2 rings (SSSR count). The Labute approximate surface area is 147 Å². The van der Waals surface area contributed by atoms with Gasteiger partial charge in [-0.15, -0.1) is 0 Å². The minimum Gasteiger partial charge on any atom is -0.449 e. The molecule has 0 saturated heterocycles. The number of nitrogens with two attached hydrogens (primary N) is 1. The summed E-state index contributed by atoms with van der Waals surface area (Å²) in [6.07, 6.45) is -1.28. The van der Waals surface area contributed by atoms with Crippen LogP contribution >= 0.6 is 0 Å². The van der Waals surface area contributed by atoms with Crippen molar-refractivity contribution in [3.05, 3.63) is 59.7 Å². The minimum absolute atomic E-state index is 0.0628. The highest BCUT2D eigenvalue weighted by atomic mass is 19.1. The molecule has 0 saturated carbocycles. The number of ether oxygens (including phenoxy) is 1. The Balaban J connectivity index is 2.03. The van der Waals surface area contributed by atoms with E-state index in [2.05, 4.69) is 10.6 Å². The Kier molecular flexibility index (Phi) is 5.84. The molecule has 0 aliphatic rings. The SMILES string of the molecule is C[C@@H](OC(=O)c1cccc(NC(N)=O)c1)C(=O)Nc1cc(F)ccc1F. The van der Waals surface area contributed by atoms with Gasteiger partial charge < -0.3 is 21.1 Å². The van der Waals surface area contributed by atoms with Crippen LogP contribution in [0.2, 0.25) is 0 Å². The Morgan fingerprint density at radius 3 is 2.50 bits per heavy atom. The van der Waals surface area contributed by atoms with Crippen LogP contribution in [0.15, 0.2) is 42.5 Å². The molecule has 0 unspecified atom stereocenters. The van der Waals surface area contributed by atoms with Crippen molar-refractivity contribution in [3.8, 4) is 0 Å². The summed E-state index contributed by atoms with van der Waals surface area (Å²) < 4.78 is 31.6. The van der Waals surface area contributed by atoms with Gasteiger partial charge in [-0.2, -0.15) is 0 Å². The van der Waals surface area contributed by atoms with Gasteiger partial charge >= 0.3 is 12.0 Å². The molecule has 2 aromatic rings. The molecule has 0 spiro atoms. The number of nitrogens with one attached hydrogen (secondary N) is 2. The average Bonchev–Trinajstić information content (AvgIpc) is 2.57. The Hall–Kier alpha value is -3.49. The molecular weight excluding hydrogens is 348 g/mol. The van der Waals surface area contributed by atoms with E-state index >= 15 is 0 Å². The van der Waals surface area contributed by atoms with Crippen LogP contribution in [0, 0.1) is 11.6 Å². The number of halogens is 2. The molecule has 2 aromatic carbocycles. The molecule has 9 heteroatoms. The minimum atomic E-state index is -1.28. The fourth-order valence-electron chi connectivity index (χ4n) is 1.98. The fourth-order valence-corrected chi connectivity index (χ4v) is 1.98. The van der Waals surface area contributed by atoms with Crippen LogP contribution < -0.4 is 16.4 Å². The number of rotatable bonds is 5. The number of hydrogen-bond donors (Lipinski definition) is 3. The van der Waals surface area contributed by atoms with Crippen molar-refractivity contribution in [2.75, 3.05) is 10.6 Å². The number of carbonyl (C=O) groups excluding carboxylic acids is 3. The van der Waals surface area contributed by atoms with Gasteiger partial charge in [-0.25, -0.2) is 18.4 Å². The van der Waals surface area contributed by atoms with E-state index in [9.17, 15) is 23.2 Å². The molecule has 0 fully saturated rings. The number of urea groups is 1. The predicted octanol–water partition coefficient (Wildman–Crippen LogP) is 2.64. The number of carbonyl (C=O) groups is 3. The lowest BCUT2D eigenvalue weighted by atomic mass is 10.2. The molecule has 1 atom stereocenters. The maximum Gasteiger partial charge on any atom is 0.338 e. The van der Waals surface area contributed by atoms with Gasteiger partial charge in [0.1, 0.15) is 11.6 Å². The fraction of sp³-hybridized carbons (Fsp3) is 0.118. The van der Waals surface area contributed by atoms with Crippen molar-refractivity contribution in [1.29, 1.82) is 0 Å². The lowest BCUT2D eigenvalue weighted by Gasteiger charge is -2.14. The highest BCUT2D eigenvalue weighted by Crippen LogP contribution is 2.17. The maximum atomic E-state index is 13.5. The quantitative estimate of drug-likeness (QED) is 0.709. The monoisotopic (exact) mass is 363 g/mol. The summed E-state index contributed by atoms with van der Waals surface area (Å²) in [6.45, 7) is 1.27. The normalized spacial score (nSPS) is 11.3. The molecule has 0 aliphatic heterocycles. The molecule has 26 heavy (non-hydrogen) atoms. The molecule has 136 valence electrons. The number of amides is 3.